The van der Waals surface area contributed by atoms with Crippen LogP contribution in [0.1, 0.15) is 78.1 Å². The Balaban J connectivity index is 1.78. The highest BCUT2D eigenvalue weighted by atomic mass is 16.5. The Bertz CT molecular complexity index is 2370. The molecule has 2 atom stereocenters. The van der Waals surface area contributed by atoms with E-state index in [1.54, 1.807) is 18.2 Å². The van der Waals surface area contributed by atoms with Crippen LogP contribution in [0.2, 0.25) is 0 Å². The molecule has 12 nitrogen and oxygen atoms in total. The third-order valence-corrected chi connectivity index (χ3v) is 10.7. The van der Waals surface area contributed by atoms with E-state index in [9.17, 15) is 24.3 Å². The average molecular weight is 719 g/mol. The number of fused-ring (bicyclic) bond motifs is 11. The van der Waals surface area contributed by atoms with Gasteiger partial charge in [0.05, 0.1) is 55.1 Å². The molecule has 0 saturated carbocycles. The Morgan fingerprint density at radius 3 is 2.17 bits per heavy atom. The molecule has 1 unspecified atom stereocenters. The summed E-state index contributed by atoms with van der Waals surface area (Å²) in [5.74, 6) is -3.66. The molecule has 0 spiro atoms. The maximum absolute atomic E-state index is 13.7. The highest BCUT2D eigenvalue weighted by Gasteiger charge is 2.53. The molecule has 2 aliphatic heterocycles. The Hall–Kier alpha value is -6.04. The average Bonchev–Trinajstić information content (AvgIpc) is 3.79. The van der Waals surface area contributed by atoms with Crippen molar-refractivity contribution in [2.24, 2.45) is 5.92 Å². The van der Waals surface area contributed by atoms with Crippen LogP contribution in [0.4, 0.5) is 0 Å². The molecule has 3 aliphatic rings. The third-order valence-electron chi connectivity index (χ3n) is 10.7. The fourth-order valence-corrected chi connectivity index (χ4v) is 7.68. The van der Waals surface area contributed by atoms with E-state index in [0.29, 0.717) is 45.8 Å². The van der Waals surface area contributed by atoms with Crippen molar-refractivity contribution in [3.63, 3.8) is 0 Å². The van der Waals surface area contributed by atoms with Gasteiger partial charge in [0.15, 0.2) is 0 Å². The number of methoxy groups -OCH3 is 3. The van der Waals surface area contributed by atoms with E-state index in [1.807, 2.05) is 52.0 Å². The summed E-state index contributed by atoms with van der Waals surface area (Å²) in [4.78, 5) is 68.1. The number of hydrogen-bond acceptors (Lipinski definition) is 9. The molecule has 1 aliphatic carbocycles. The number of rotatable bonds is 9. The molecule has 0 saturated heterocycles. The van der Waals surface area contributed by atoms with Crippen LogP contribution in [0, 0.1) is 19.8 Å². The Morgan fingerprint density at radius 2 is 1.51 bits per heavy atom. The number of hydrogen-bond donors (Lipinski definition) is 3. The first kappa shape index (κ1) is 36.7. The van der Waals surface area contributed by atoms with Crippen molar-refractivity contribution in [1.29, 1.82) is 0 Å². The lowest BCUT2D eigenvalue weighted by atomic mass is 9.64. The number of allylic oxidation sites excluding steroid dienone is 5. The second kappa shape index (κ2) is 14.2. The second-order valence-corrected chi connectivity index (χ2v) is 13.5. The zero-order chi connectivity index (χ0) is 38.4. The number of nitrogens with one attached hydrogen (secondary N) is 2. The van der Waals surface area contributed by atoms with Crippen LogP contribution in [-0.2, 0) is 45.2 Å². The van der Waals surface area contributed by atoms with Gasteiger partial charge in [-0.25, -0.2) is 9.78 Å². The summed E-state index contributed by atoms with van der Waals surface area (Å²) in [6, 6.07) is 7.59. The van der Waals surface area contributed by atoms with E-state index in [1.165, 1.54) is 21.3 Å². The van der Waals surface area contributed by atoms with Gasteiger partial charge in [-0.2, -0.15) is 0 Å². The van der Waals surface area contributed by atoms with Crippen molar-refractivity contribution in [2.45, 2.75) is 58.8 Å². The largest absolute Gasteiger partial charge is 0.481 e. The van der Waals surface area contributed by atoms with Crippen LogP contribution in [0.3, 0.4) is 0 Å². The standard InChI is InChI=1S/C41H42N4O8/c1-9-23-20(2)29-17-34-27-13-10-26(39(49)52-7)38(40(50)53-8)41(27,5)35(45-34)19-30-22(4)25(12-15-37(48)51-6)33(44-30)18-32-24(11-14-36(46)47)21(3)28(43-32)16-31(23)42-29/h9-10,13,16-19,38,42,44H,1,11-12,14-15H2,2-8H3,(H,46,47)/t38?,41-/m0/s1. The Kier molecular flexibility index (Phi) is 9.83. The van der Waals surface area contributed by atoms with Gasteiger partial charge >= 0.3 is 23.9 Å². The SMILES string of the molecule is C=Cc1c(C)c2cc3nc(cc4[nH]c(cc5nc(cc1[nH]2)C(C)=C5CCC(=O)O)c(CCC(=O)OC)c4C)[C@]1(C)C3=CC=C(C(=O)OC)C1C(=O)OC. The minimum Gasteiger partial charge on any atom is -0.481 e. The molecule has 3 N–H and O–H groups in total. The van der Waals surface area contributed by atoms with Crippen LogP contribution in [0.5, 0.6) is 0 Å². The van der Waals surface area contributed by atoms with E-state index in [2.05, 4.69) is 16.5 Å². The third kappa shape index (κ3) is 6.28. The van der Waals surface area contributed by atoms with Crippen LogP contribution in [-0.4, -0.2) is 70.2 Å². The summed E-state index contributed by atoms with van der Waals surface area (Å²) in [7, 11) is 3.89. The highest BCUT2D eigenvalue weighted by Crippen LogP contribution is 2.52. The molecule has 274 valence electrons. The lowest BCUT2D eigenvalue weighted by molar-refractivity contribution is -0.149. The van der Waals surface area contributed by atoms with Gasteiger partial charge in [-0.3, -0.25) is 19.4 Å². The molecule has 3 aromatic heterocycles. The Labute approximate surface area is 306 Å². The lowest BCUT2D eigenvalue weighted by Crippen LogP contribution is -2.42. The normalized spacial score (nSPS) is 17.8. The predicted molar refractivity (Wildman–Crippen MR) is 201 cm³/mol. The molecule has 0 amide bonds. The zero-order valence-electron chi connectivity index (χ0n) is 30.9. The minimum atomic E-state index is -1.17. The number of aromatic nitrogens is 4. The van der Waals surface area contributed by atoms with Crippen molar-refractivity contribution >= 4 is 68.7 Å². The lowest BCUT2D eigenvalue weighted by Gasteiger charge is -2.36. The molecule has 5 heterocycles. The molecule has 3 aromatic rings. The van der Waals surface area contributed by atoms with Gasteiger partial charge in [0.1, 0.15) is 5.92 Å². The molecule has 0 aromatic carbocycles. The monoisotopic (exact) mass is 718 g/mol. The second-order valence-electron chi connectivity index (χ2n) is 13.5. The van der Waals surface area contributed by atoms with Crippen LogP contribution < -0.4 is 0 Å². The number of aryl methyl sites for hydroxylation is 3. The molecule has 53 heavy (non-hydrogen) atoms. The zero-order valence-corrected chi connectivity index (χ0v) is 30.9. The summed E-state index contributed by atoms with van der Waals surface area (Å²) < 4.78 is 15.4. The maximum Gasteiger partial charge on any atom is 0.334 e. The summed E-state index contributed by atoms with van der Waals surface area (Å²) in [6.45, 7) is 11.8. The van der Waals surface area contributed by atoms with E-state index in [0.717, 1.165) is 44.4 Å². The molecular formula is C41H42N4O8. The number of esters is 3. The van der Waals surface area contributed by atoms with Crippen molar-refractivity contribution in [3.05, 3.63) is 93.6 Å². The van der Waals surface area contributed by atoms with Gasteiger partial charge in [-0.15, -0.1) is 0 Å². The predicted octanol–water partition coefficient (Wildman–Crippen LogP) is 6.72. The summed E-state index contributed by atoms with van der Waals surface area (Å²) in [5.41, 5.74) is 9.92. The first-order chi connectivity index (χ1) is 25.3. The van der Waals surface area contributed by atoms with Crippen molar-refractivity contribution < 1.29 is 38.5 Å². The van der Waals surface area contributed by atoms with Gasteiger partial charge in [-0.05, 0) is 98.2 Å². The molecule has 0 radical (unpaired) electrons. The fourth-order valence-electron chi connectivity index (χ4n) is 7.68. The van der Waals surface area contributed by atoms with Gasteiger partial charge in [0.25, 0.3) is 0 Å². The first-order valence-electron chi connectivity index (χ1n) is 17.2. The number of nitrogens with zero attached hydrogens (tertiary/aromatic N) is 2. The number of aromatic amines is 2. The molecule has 0 fully saturated rings. The van der Waals surface area contributed by atoms with E-state index in [-0.39, 0.29) is 30.8 Å². The Morgan fingerprint density at radius 1 is 0.830 bits per heavy atom. The quantitative estimate of drug-likeness (QED) is 0.159. The highest BCUT2D eigenvalue weighted by molar-refractivity contribution is 6.02. The van der Waals surface area contributed by atoms with Gasteiger partial charge < -0.3 is 29.3 Å². The maximum atomic E-state index is 13.7. The minimum absolute atomic E-state index is 0.0837. The van der Waals surface area contributed by atoms with E-state index in [4.69, 9.17) is 24.2 Å². The van der Waals surface area contributed by atoms with E-state index < -0.39 is 29.2 Å². The number of carbonyl (C=O) groups excluding carboxylic acids is 3. The number of aliphatic carboxylic acids is 1. The first-order valence-corrected chi connectivity index (χ1v) is 17.2. The molecule has 12 heteroatoms. The van der Waals surface area contributed by atoms with Crippen molar-refractivity contribution in [2.75, 3.05) is 21.3 Å². The van der Waals surface area contributed by atoms with Crippen LogP contribution >= 0.6 is 0 Å². The van der Waals surface area contributed by atoms with Gasteiger partial charge in [0, 0.05) is 40.5 Å². The summed E-state index contributed by atoms with van der Waals surface area (Å²) >= 11 is 0. The van der Waals surface area contributed by atoms with Crippen molar-refractivity contribution in [3.8, 4) is 0 Å². The number of carboxylic acid groups (broad SMARTS) is 1. The topological polar surface area (TPSA) is 174 Å². The number of H-pyrrole nitrogens is 2. The number of ether oxygens (including phenoxy) is 3. The number of carboxylic acids is 1. The smallest absolute Gasteiger partial charge is 0.334 e. The fraction of sp³-hybridized carbons (Fsp3) is 0.317. The van der Waals surface area contributed by atoms with E-state index >= 15 is 0 Å². The molecular weight excluding hydrogens is 676 g/mol. The van der Waals surface area contributed by atoms with Crippen molar-refractivity contribution in [1.82, 2.24) is 19.9 Å². The van der Waals surface area contributed by atoms with Crippen LogP contribution in [0.25, 0.3) is 44.9 Å². The molecule has 6 rings (SSSR count). The summed E-state index contributed by atoms with van der Waals surface area (Å²) in [5, 5.41) is 9.61. The van der Waals surface area contributed by atoms with Gasteiger partial charge in [0.2, 0.25) is 0 Å². The number of carbonyl (C=O) groups is 4. The van der Waals surface area contributed by atoms with Gasteiger partial charge in [-0.1, -0.05) is 24.8 Å². The summed E-state index contributed by atoms with van der Waals surface area (Å²) in [6.07, 6.45) is 5.79. The van der Waals surface area contributed by atoms with Crippen LogP contribution in [0.15, 0.2) is 48.6 Å². The molecule has 8 bridgehead atoms.